The maximum Gasteiger partial charge on any atom is 0.432 e. The van der Waals surface area contributed by atoms with E-state index in [0.717, 1.165) is 6.07 Å². The zero-order valence-corrected chi connectivity index (χ0v) is 17.7. The molecule has 0 aliphatic rings. The van der Waals surface area contributed by atoms with Crippen LogP contribution in [0.5, 0.6) is 5.75 Å². The van der Waals surface area contributed by atoms with Gasteiger partial charge in [-0.3, -0.25) is 0 Å². The van der Waals surface area contributed by atoms with Crippen LogP contribution in [0.15, 0.2) is 42.5 Å². The highest BCUT2D eigenvalue weighted by molar-refractivity contribution is 5.65. The Hall–Kier alpha value is -3.24. The Morgan fingerprint density at radius 1 is 0.618 bits per heavy atom. The first-order chi connectivity index (χ1) is 15.7. The van der Waals surface area contributed by atoms with Crippen molar-refractivity contribution in [2.45, 2.75) is 33.1 Å². The zero-order chi connectivity index (χ0) is 26.0. The Balaban J connectivity index is 0.00000199. The summed E-state index contributed by atoms with van der Waals surface area (Å²) in [4.78, 5) is 0. The summed E-state index contributed by atoms with van der Waals surface area (Å²) in [6.07, 6.45) is -10.4. The maximum atomic E-state index is 14.4. The molecule has 0 N–H and O–H groups in total. The van der Waals surface area contributed by atoms with Gasteiger partial charge in [-0.1, -0.05) is 26.0 Å². The number of aryl methyl sites for hydroxylation is 1. The maximum absolute atomic E-state index is 14.4. The van der Waals surface area contributed by atoms with Crippen LogP contribution in [0.25, 0.3) is 11.1 Å². The largest absolute Gasteiger partial charge is 0.432 e. The van der Waals surface area contributed by atoms with E-state index in [0.29, 0.717) is 17.7 Å². The van der Waals surface area contributed by atoms with Crippen LogP contribution in [0.2, 0.25) is 0 Å². The van der Waals surface area contributed by atoms with E-state index in [2.05, 4.69) is 4.74 Å². The van der Waals surface area contributed by atoms with Crippen molar-refractivity contribution in [3.8, 4) is 16.9 Å². The fraction of sp³-hybridized carbons (Fsp3) is 0.217. The summed E-state index contributed by atoms with van der Waals surface area (Å²) in [7, 11) is 0. The topological polar surface area (TPSA) is 9.23 Å². The Morgan fingerprint density at radius 3 is 1.53 bits per heavy atom. The van der Waals surface area contributed by atoms with Crippen LogP contribution < -0.4 is 4.74 Å². The van der Waals surface area contributed by atoms with Gasteiger partial charge in [0.05, 0.1) is 0 Å². The lowest BCUT2D eigenvalue weighted by Gasteiger charge is -2.21. The number of rotatable bonds is 4. The molecule has 0 atom stereocenters. The van der Waals surface area contributed by atoms with Gasteiger partial charge in [-0.25, -0.2) is 22.0 Å². The van der Waals surface area contributed by atoms with Crippen LogP contribution in [0.3, 0.4) is 0 Å². The van der Waals surface area contributed by atoms with Crippen LogP contribution in [0.1, 0.15) is 30.5 Å². The van der Waals surface area contributed by atoms with Crippen molar-refractivity contribution in [1.29, 1.82) is 0 Å². The van der Waals surface area contributed by atoms with Gasteiger partial charge in [-0.05, 0) is 36.2 Å². The molecule has 0 saturated carbocycles. The molecule has 0 fully saturated rings. The summed E-state index contributed by atoms with van der Waals surface area (Å²) in [5.41, 5.74) is -4.58. The molecule has 0 bridgehead atoms. The van der Waals surface area contributed by atoms with Crippen LogP contribution in [0.4, 0.5) is 43.9 Å². The zero-order valence-electron chi connectivity index (χ0n) is 17.7. The third-order valence-electron chi connectivity index (χ3n) is 4.31. The number of hydrogen-bond donors (Lipinski definition) is 0. The van der Waals surface area contributed by atoms with Crippen molar-refractivity contribution in [2.24, 2.45) is 0 Å². The smallest absolute Gasteiger partial charge is 0.429 e. The third-order valence-corrected chi connectivity index (χ3v) is 4.31. The van der Waals surface area contributed by atoms with Crippen molar-refractivity contribution in [3.63, 3.8) is 0 Å². The molecular formula is C23H16F10O. The molecule has 0 spiro atoms. The normalized spacial score (nSPS) is 11.7. The Kier molecular flexibility index (Phi) is 7.90. The summed E-state index contributed by atoms with van der Waals surface area (Å²) in [5, 5.41) is 0. The van der Waals surface area contributed by atoms with E-state index in [1.165, 1.54) is 12.1 Å². The molecule has 3 aromatic carbocycles. The highest BCUT2D eigenvalue weighted by Gasteiger charge is 2.43. The van der Waals surface area contributed by atoms with Gasteiger partial charge in [0, 0.05) is 17.7 Å². The molecular weight excluding hydrogens is 482 g/mol. The first-order valence-corrected chi connectivity index (χ1v) is 9.60. The van der Waals surface area contributed by atoms with Gasteiger partial charge in [-0.15, -0.1) is 0 Å². The Morgan fingerprint density at radius 2 is 1.09 bits per heavy atom. The Labute approximate surface area is 187 Å². The average molecular weight is 498 g/mol. The fourth-order valence-corrected chi connectivity index (χ4v) is 2.94. The second-order valence-electron chi connectivity index (χ2n) is 6.68. The molecule has 0 radical (unpaired) electrons. The molecule has 1 nitrogen and oxygen atoms in total. The van der Waals surface area contributed by atoms with Crippen LogP contribution in [0, 0.1) is 36.0 Å². The molecule has 34 heavy (non-hydrogen) atoms. The molecule has 0 saturated heterocycles. The standard InChI is InChI=1S/C21H10F10O.C2H6/c1-9-2-3-12(13(22)4-9)10-5-14(23)19(15(24)6-10)21(30,31)32-11-7-16(25)18(17(26)8-11)20(27,28)29;1-2/h2-8H,1H3;1-2H3. The quantitative estimate of drug-likeness (QED) is 0.328. The number of halogens is 10. The van der Waals surface area contributed by atoms with E-state index in [4.69, 9.17) is 0 Å². The van der Waals surface area contributed by atoms with Crippen molar-refractivity contribution >= 4 is 0 Å². The first kappa shape index (κ1) is 27.0. The van der Waals surface area contributed by atoms with Gasteiger partial charge < -0.3 is 4.74 Å². The number of benzene rings is 3. The van der Waals surface area contributed by atoms with Crippen molar-refractivity contribution in [2.75, 3.05) is 0 Å². The van der Waals surface area contributed by atoms with Crippen LogP contribution in [-0.4, -0.2) is 0 Å². The minimum absolute atomic E-state index is 0.203. The van der Waals surface area contributed by atoms with Gasteiger partial charge in [0.1, 0.15) is 46.0 Å². The van der Waals surface area contributed by atoms with Gasteiger partial charge in [0.2, 0.25) is 0 Å². The molecule has 3 aromatic rings. The summed E-state index contributed by atoms with van der Waals surface area (Å²) in [6, 6.07) is 3.99. The summed E-state index contributed by atoms with van der Waals surface area (Å²) < 4.78 is 140. The lowest BCUT2D eigenvalue weighted by Crippen LogP contribution is -2.25. The SMILES string of the molecule is CC.Cc1ccc(-c2cc(F)c(C(F)(F)Oc3cc(F)c(C(F)(F)F)c(F)c3)c(F)c2)c(F)c1. The second-order valence-corrected chi connectivity index (χ2v) is 6.68. The molecule has 0 aromatic heterocycles. The fourth-order valence-electron chi connectivity index (χ4n) is 2.94. The van der Waals surface area contributed by atoms with Gasteiger partial charge in [0.25, 0.3) is 0 Å². The third kappa shape index (κ3) is 5.63. The van der Waals surface area contributed by atoms with E-state index in [1.807, 2.05) is 13.8 Å². The van der Waals surface area contributed by atoms with E-state index >= 15 is 0 Å². The van der Waals surface area contributed by atoms with E-state index < -0.39 is 63.8 Å². The predicted molar refractivity (Wildman–Crippen MR) is 104 cm³/mol. The minimum atomic E-state index is -5.46. The van der Waals surface area contributed by atoms with Gasteiger partial charge >= 0.3 is 12.3 Å². The van der Waals surface area contributed by atoms with Crippen molar-refractivity contribution in [3.05, 3.63) is 88.2 Å². The summed E-state index contributed by atoms with van der Waals surface area (Å²) in [5.74, 6) is -10.7. The number of ether oxygens (including phenoxy) is 1. The highest BCUT2D eigenvalue weighted by Crippen LogP contribution is 2.40. The van der Waals surface area contributed by atoms with Crippen molar-refractivity contribution < 1.29 is 48.6 Å². The molecule has 0 heterocycles. The molecule has 184 valence electrons. The highest BCUT2D eigenvalue weighted by atomic mass is 19.4. The summed E-state index contributed by atoms with van der Waals surface area (Å²) in [6.45, 7) is 5.54. The van der Waals surface area contributed by atoms with Crippen molar-refractivity contribution in [1.82, 2.24) is 0 Å². The molecule has 0 amide bonds. The monoisotopic (exact) mass is 498 g/mol. The number of hydrogen-bond acceptors (Lipinski definition) is 1. The van der Waals surface area contributed by atoms with Crippen LogP contribution in [-0.2, 0) is 12.3 Å². The lowest BCUT2D eigenvalue weighted by atomic mass is 10.0. The molecule has 3 rings (SSSR count). The van der Waals surface area contributed by atoms with Gasteiger partial charge in [0.15, 0.2) is 0 Å². The van der Waals surface area contributed by atoms with E-state index in [-0.39, 0.29) is 17.7 Å². The molecule has 11 heteroatoms. The molecule has 0 aliphatic heterocycles. The average Bonchev–Trinajstić information content (AvgIpc) is 2.66. The Bertz CT molecular complexity index is 1140. The van der Waals surface area contributed by atoms with Gasteiger partial charge in [-0.2, -0.15) is 22.0 Å². The predicted octanol–water partition coefficient (Wildman–Crippen LogP) is 8.53. The second kappa shape index (κ2) is 9.94. The van der Waals surface area contributed by atoms with Crippen LogP contribution >= 0.6 is 0 Å². The molecule has 0 unspecified atom stereocenters. The van der Waals surface area contributed by atoms with E-state index in [9.17, 15) is 43.9 Å². The lowest BCUT2D eigenvalue weighted by molar-refractivity contribution is -0.189. The number of alkyl halides is 5. The minimum Gasteiger partial charge on any atom is -0.429 e. The van der Waals surface area contributed by atoms with E-state index in [1.54, 1.807) is 6.92 Å². The molecule has 0 aliphatic carbocycles. The summed E-state index contributed by atoms with van der Waals surface area (Å²) >= 11 is 0. The first-order valence-electron chi connectivity index (χ1n) is 9.60.